The Balaban J connectivity index is 1.99. The first-order valence-electron chi connectivity index (χ1n) is 5.11. The van der Waals surface area contributed by atoms with Crippen LogP contribution in [0.1, 0.15) is 19.3 Å². The van der Waals surface area contributed by atoms with E-state index < -0.39 is 11.8 Å². The molecule has 16 heavy (non-hydrogen) atoms. The molecule has 86 valence electrons. The second kappa shape index (κ2) is 4.42. The van der Waals surface area contributed by atoms with E-state index in [1.807, 2.05) is 0 Å². The number of aliphatic carboxylic acids is 1. The fourth-order valence-corrected chi connectivity index (χ4v) is 1.57. The van der Waals surface area contributed by atoms with Crippen molar-refractivity contribution in [1.29, 1.82) is 0 Å². The minimum Gasteiger partial charge on any atom is -0.481 e. The Labute approximate surface area is 91.7 Å². The van der Waals surface area contributed by atoms with E-state index in [0.717, 1.165) is 25.2 Å². The zero-order valence-electron chi connectivity index (χ0n) is 8.56. The summed E-state index contributed by atoms with van der Waals surface area (Å²) >= 11 is 0. The van der Waals surface area contributed by atoms with Crippen LogP contribution in [0.3, 0.4) is 0 Å². The molecule has 0 aromatic carbocycles. The number of hydrogen-bond donors (Lipinski definition) is 2. The van der Waals surface area contributed by atoms with Crippen molar-refractivity contribution < 1.29 is 14.3 Å². The number of carbonyl (C=O) groups is 1. The lowest BCUT2D eigenvalue weighted by molar-refractivity contribution is -0.137. The van der Waals surface area contributed by atoms with Gasteiger partial charge in [0.05, 0.1) is 18.8 Å². The fourth-order valence-electron chi connectivity index (χ4n) is 1.57. The first-order chi connectivity index (χ1) is 7.65. The Morgan fingerprint density at radius 1 is 1.56 bits per heavy atom. The normalized spacial score (nSPS) is 16.8. The molecule has 6 heteroatoms. The van der Waals surface area contributed by atoms with E-state index in [-0.39, 0.29) is 18.4 Å². The summed E-state index contributed by atoms with van der Waals surface area (Å²) in [4.78, 5) is 18.1. The lowest BCUT2D eigenvalue weighted by Gasteiger charge is -2.15. The largest absolute Gasteiger partial charge is 0.481 e. The van der Waals surface area contributed by atoms with Crippen molar-refractivity contribution in [2.75, 3.05) is 5.32 Å². The van der Waals surface area contributed by atoms with Crippen LogP contribution in [0, 0.1) is 11.7 Å². The van der Waals surface area contributed by atoms with E-state index in [4.69, 9.17) is 5.11 Å². The highest BCUT2D eigenvalue weighted by atomic mass is 19.1. The van der Waals surface area contributed by atoms with Crippen molar-refractivity contribution in [3.05, 3.63) is 18.2 Å². The summed E-state index contributed by atoms with van der Waals surface area (Å²) in [5, 5.41) is 11.7. The monoisotopic (exact) mass is 225 g/mol. The number of carboxylic acid groups (broad SMARTS) is 1. The highest BCUT2D eigenvalue weighted by Crippen LogP contribution is 2.35. The average Bonchev–Trinajstić information content (AvgIpc) is 3.03. The maximum absolute atomic E-state index is 12.6. The van der Waals surface area contributed by atoms with E-state index in [0.29, 0.717) is 5.92 Å². The van der Waals surface area contributed by atoms with Gasteiger partial charge in [0.1, 0.15) is 0 Å². The first-order valence-corrected chi connectivity index (χ1v) is 5.11. The number of anilines is 1. The Hall–Kier alpha value is -1.72. The zero-order valence-corrected chi connectivity index (χ0v) is 8.56. The van der Waals surface area contributed by atoms with Gasteiger partial charge in [-0.1, -0.05) is 0 Å². The fraction of sp³-hybridized carbons (Fsp3) is 0.500. The van der Waals surface area contributed by atoms with E-state index in [9.17, 15) is 9.18 Å². The number of hydrogen-bond acceptors (Lipinski definition) is 4. The Kier molecular flexibility index (Phi) is 2.98. The molecule has 1 heterocycles. The molecule has 0 spiro atoms. The van der Waals surface area contributed by atoms with Gasteiger partial charge >= 0.3 is 5.97 Å². The van der Waals surface area contributed by atoms with Gasteiger partial charge in [0.25, 0.3) is 0 Å². The number of nitrogens with zero attached hydrogens (tertiary/aromatic N) is 2. The highest BCUT2D eigenvalue weighted by molar-refractivity contribution is 5.68. The molecular weight excluding hydrogens is 213 g/mol. The first kappa shape index (κ1) is 10.8. The summed E-state index contributed by atoms with van der Waals surface area (Å²) in [6.45, 7) is 0. The van der Waals surface area contributed by atoms with Crippen LogP contribution in [0.15, 0.2) is 12.4 Å². The summed E-state index contributed by atoms with van der Waals surface area (Å²) in [6, 6.07) is -0.164. The van der Waals surface area contributed by atoms with Crippen LogP contribution in [0.25, 0.3) is 0 Å². The highest BCUT2D eigenvalue weighted by Gasteiger charge is 2.33. The molecule has 2 N–H and O–H groups in total. The number of carboxylic acids is 1. The Morgan fingerprint density at radius 2 is 2.19 bits per heavy atom. The summed E-state index contributed by atoms with van der Waals surface area (Å²) in [6.07, 6.45) is 4.18. The number of rotatable bonds is 5. The second-order valence-electron chi connectivity index (χ2n) is 3.91. The van der Waals surface area contributed by atoms with Gasteiger partial charge in [-0.2, -0.15) is 0 Å². The molecule has 0 saturated heterocycles. The third-order valence-corrected chi connectivity index (χ3v) is 2.52. The lowest BCUT2D eigenvalue weighted by Crippen LogP contribution is -2.26. The minimum absolute atomic E-state index is 0.0331. The topological polar surface area (TPSA) is 75.1 Å². The van der Waals surface area contributed by atoms with Crippen molar-refractivity contribution in [3.8, 4) is 0 Å². The molecule has 0 amide bonds. The molecule has 1 atom stereocenters. The van der Waals surface area contributed by atoms with Crippen molar-refractivity contribution in [2.24, 2.45) is 5.92 Å². The maximum Gasteiger partial charge on any atom is 0.305 e. The quantitative estimate of drug-likeness (QED) is 0.789. The van der Waals surface area contributed by atoms with Gasteiger partial charge in [0.15, 0.2) is 5.82 Å². The smallest absolute Gasteiger partial charge is 0.305 e. The van der Waals surface area contributed by atoms with Crippen LogP contribution in [-0.4, -0.2) is 27.1 Å². The maximum atomic E-state index is 12.6. The van der Waals surface area contributed by atoms with E-state index in [1.54, 1.807) is 0 Å². The second-order valence-corrected chi connectivity index (χ2v) is 3.91. The standard InChI is InChI=1S/C10H12FN3O2/c11-7-4-12-10(13-5-7)14-8(3-9(15)16)6-1-2-6/h4-6,8H,1-3H2,(H,15,16)(H,12,13,14). The van der Waals surface area contributed by atoms with Gasteiger partial charge in [-0.3, -0.25) is 4.79 Å². The molecule has 1 fully saturated rings. The van der Waals surface area contributed by atoms with Crippen LogP contribution in [-0.2, 0) is 4.79 Å². The van der Waals surface area contributed by atoms with Crippen molar-refractivity contribution in [1.82, 2.24) is 9.97 Å². The number of aromatic nitrogens is 2. The predicted octanol–water partition coefficient (Wildman–Crippen LogP) is 1.28. The molecule has 0 bridgehead atoms. The summed E-state index contributed by atoms with van der Waals surface area (Å²) in [5.74, 6) is -0.720. The summed E-state index contributed by atoms with van der Waals surface area (Å²) < 4.78 is 12.6. The van der Waals surface area contributed by atoms with Gasteiger partial charge in [-0.25, -0.2) is 14.4 Å². The molecule has 0 radical (unpaired) electrons. The van der Waals surface area contributed by atoms with Crippen LogP contribution in [0.5, 0.6) is 0 Å². The lowest BCUT2D eigenvalue weighted by atomic mass is 10.1. The molecule has 2 rings (SSSR count). The Bertz CT molecular complexity index is 378. The van der Waals surface area contributed by atoms with E-state index in [2.05, 4.69) is 15.3 Å². The van der Waals surface area contributed by atoms with Crippen LogP contribution in [0.2, 0.25) is 0 Å². The molecule has 1 aromatic heterocycles. The van der Waals surface area contributed by atoms with Crippen molar-refractivity contribution >= 4 is 11.9 Å². The van der Waals surface area contributed by atoms with Gasteiger partial charge in [-0.05, 0) is 18.8 Å². The van der Waals surface area contributed by atoms with Gasteiger partial charge < -0.3 is 10.4 Å². The van der Waals surface area contributed by atoms with Crippen LogP contribution in [0.4, 0.5) is 10.3 Å². The minimum atomic E-state index is -0.855. The molecule has 1 aliphatic rings. The van der Waals surface area contributed by atoms with E-state index >= 15 is 0 Å². The number of halogens is 1. The number of nitrogens with one attached hydrogen (secondary N) is 1. The molecule has 5 nitrogen and oxygen atoms in total. The zero-order chi connectivity index (χ0) is 11.5. The van der Waals surface area contributed by atoms with Crippen molar-refractivity contribution in [3.63, 3.8) is 0 Å². The molecule has 1 saturated carbocycles. The molecular formula is C10H12FN3O2. The van der Waals surface area contributed by atoms with Gasteiger partial charge in [0, 0.05) is 6.04 Å². The van der Waals surface area contributed by atoms with E-state index in [1.165, 1.54) is 0 Å². The summed E-state index contributed by atoms with van der Waals surface area (Å²) in [7, 11) is 0. The Morgan fingerprint density at radius 3 is 2.69 bits per heavy atom. The molecule has 0 aliphatic heterocycles. The predicted molar refractivity (Wildman–Crippen MR) is 54.4 cm³/mol. The molecule has 1 aromatic rings. The van der Waals surface area contributed by atoms with Gasteiger partial charge in [0.2, 0.25) is 5.95 Å². The summed E-state index contributed by atoms with van der Waals surface area (Å²) in [5.41, 5.74) is 0. The van der Waals surface area contributed by atoms with Gasteiger partial charge in [-0.15, -0.1) is 0 Å². The molecule has 1 unspecified atom stereocenters. The third-order valence-electron chi connectivity index (χ3n) is 2.52. The van der Waals surface area contributed by atoms with Crippen molar-refractivity contribution in [2.45, 2.75) is 25.3 Å². The molecule has 1 aliphatic carbocycles. The average molecular weight is 225 g/mol. The van der Waals surface area contributed by atoms with Crippen LogP contribution < -0.4 is 5.32 Å². The SMILES string of the molecule is O=C(O)CC(Nc1ncc(F)cn1)C1CC1. The third kappa shape index (κ3) is 2.88. The van der Waals surface area contributed by atoms with Crippen LogP contribution >= 0.6 is 0 Å².